The molecule has 1 aliphatic rings. The molecular weight excluding hydrogens is 193 g/mol. The lowest BCUT2D eigenvalue weighted by Crippen LogP contribution is -2.35. The quantitative estimate of drug-likeness (QED) is 0.806. The zero-order chi connectivity index (χ0) is 10.7. The number of rotatable bonds is 2. The van der Waals surface area contributed by atoms with Gasteiger partial charge in [0.05, 0.1) is 6.10 Å². The summed E-state index contributed by atoms with van der Waals surface area (Å²) in [7, 11) is 1.73. The SMILES string of the molecule is COC1CCNC(c2cccc(F)c2)C1. The molecule has 0 spiro atoms. The summed E-state index contributed by atoms with van der Waals surface area (Å²) in [6, 6.07) is 7.00. The van der Waals surface area contributed by atoms with Crippen LogP contribution >= 0.6 is 0 Å². The van der Waals surface area contributed by atoms with Gasteiger partial charge in [0.15, 0.2) is 0 Å². The number of ether oxygens (including phenoxy) is 1. The smallest absolute Gasteiger partial charge is 0.123 e. The Labute approximate surface area is 89.4 Å². The van der Waals surface area contributed by atoms with Gasteiger partial charge in [0.1, 0.15) is 5.82 Å². The molecule has 1 saturated heterocycles. The number of methoxy groups -OCH3 is 1. The van der Waals surface area contributed by atoms with Crippen LogP contribution in [-0.4, -0.2) is 19.8 Å². The van der Waals surface area contributed by atoms with Crippen molar-refractivity contribution in [3.63, 3.8) is 0 Å². The van der Waals surface area contributed by atoms with E-state index in [1.165, 1.54) is 6.07 Å². The van der Waals surface area contributed by atoms with Crippen molar-refractivity contribution < 1.29 is 9.13 Å². The monoisotopic (exact) mass is 209 g/mol. The summed E-state index contributed by atoms with van der Waals surface area (Å²) in [5, 5.41) is 3.38. The second kappa shape index (κ2) is 4.73. The van der Waals surface area contributed by atoms with Crippen LogP contribution in [0, 0.1) is 5.82 Å². The molecule has 2 nitrogen and oxygen atoms in total. The molecule has 0 aromatic heterocycles. The Morgan fingerprint density at radius 2 is 2.33 bits per heavy atom. The summed E-state index contributed by atoms with van der Waals surface area (Å²) in [5.74, 6) is -0.172. The molecule has 1 heterocycles. The van der Waals surface area contributed by atoms with Gasteiger partial charge < -0.3 is 10.1 Å². The summed E-state index contributed by atoms with van der Waals surface area (Å²) in [6.45, 7) is 0.930. The molecule has 0 saturated carbocycles. The summed E-state index contributed by atoms with van der Waals surface area (Å²) in [4.78, 5) is 0. The van der Waals surface area contributed by atoms with Crippen molar-refractivity contribution in [2.24, 2.45) is 0 Å². The Morgan fingerprint density at radius 3 is 3.07 bits per heavy atom. The highest BCUT2D eigenvalue weighted by molar-refractivity contribution is 5.20. The molecule has 2 rings (SSSR count). The molecule has 2 unspecified atom stereocenters. The van der Waals surface area contributed by atoms with E-state index in [1.807, 2.05) is 6.07 Å². The summed E-state index contributed by atoms with van der Waals surface area (Å²) < 4.78 is 18.4. The predicted molar refractivity (Wildman–Crippen MR) is 57.2 cm³/mol. The van der Waals surface area contributed by atoms with Crippen molar-refractivity contribution >= 4 is 0 Å². The molecule has 1 aliphatic heterocycles. The van der Waals surface area contributed by atoms with Crippen LogP contribution < -0.4 is 5.32 Å². The average Bonchev–Trinajstić information content (AvgIpc) is 2.29. The maximum atomic E-state index is 13.0. The van der Waals surface area contributed by atoms with Gasteiger partial charge >= 0.3 is 0 Å². The zero-order valence-corrected chi connectivity index (χ0v) is 8.87. The van der Waals surface area contributed by atoms with E-state index in [-0.39, 0.29) is 11.9 Å². The molecule has 0 radical (unpaired) electrons. The van der Waals surface area contributed by atoms with Crippen molar-refractivity contribution in [3.05, 3.63) is 35.6 Å². The van der Waals surface area contributed by atoms with Gasteiger partial charge in [0.25, 0.3) is 0 Å². The molecule has 2 atom stereocenters. The largest absolute Gasteiger partial charge is 0.381 e. The lowest BCUT2D eigenvalue weighted by Gasteiger charge is -2.29. The maximum Gasteiger partial charge on any atom is 0.123 e. The van der Waals surface area contributed by atoms with Crippen LogP contribution in [0.1, 0.15) is 24.4 Å². The number of hydrogen-bond acceptors (Lipinski definition) is 2. The number of nitrogens with one attached hydrogen (secondary N) is 1. The van der Waals surface area contributed by atoms with Crippen LogP contribution in [0.5, 0.6) is 0 Å². The summed E-state index contributed by atoms with van der Waals surface area (Å²) in [5.41, 5.74) is 1.01. The minimum Gasteiger partial charge on any atom is -0.381 e. The fraction of sp³-hybridized carbons (Fsp3) is 0.500. The molecule has 82 valence electrons. The molecule has 1 aromatic rings. The van der Waals surface area contributed by atoms with E-state index in [2.05, 4.69) is 5.32 Å². The Kier molecular flexibility index (Phi) is 3.34. The normalized spacial score (nSPS) is 26.5. The zero-order valence-electron chi connectivity index (χ0n) is 8.87. The van der Waals surface area contributed by atoms with Crippen molar-refractivity contribution in [3.8, 4) is 0 Å². The Balaban J connectivity index is 2.09. The van der Waals surface area contributed by atoms with Crippen LogP contribution in [0.2, 0.25) is 0 Å². The third kappa shape index (κ3) is 2.55. The highest BCUT2D eigenvalue weighted by Crippen LogP contribution is 2.24. The first-order valence-electron chi connectivity index (χ1n) is 5.31. The van der Waals surface area contributed by atoms with Gasteiger partial charge in [-0.15, -0.1) is 0 Å². The molecule has 15 heavy (non-hydrogen) atoms. The Bertz CT molecular complexity index is 329. The fourth-order valence-electron chi connectivity index (χ4n) is 2.07. The van der Waals surface area contributed by atoms with Gasteiger partial charge in [-0.25, -0.2) is 4.39 Å². The van der Waals surface area contributed by atoms with E-state index >= 15 is 0 Å². The van der Waals surface area contributed by atoms with Crippen LogP contribution in [0.25, 0.3) is 0 Å². The molecule has 3 heteroatoms. The van der Waals surface area contributed by atoms with Crippen LogP contribution in [0.15, 0.2) is 24.3 Å². The van der Waals surface area contributed by atoms with Crippen molar-refractivity contribution in [2.75, 3.05) is 13.7 Å². The predicted octanol–water partition coefficient (Wildman–Crippen LogP) is 2.27. The first-order valence-corrected chi connectivity index (χ1v) is 5.31. The minimum atomic E-state index is -0.172. The van der Waals surface area contributed by atoms with E-state index in [9.17, 15) is 4.39 Å². The molecule has 1 aromatic carbocycles. The van der Waals surface area contributed by atoms with E-state index in [1.54, 1.807) is 19.2 Å². The standard InChI is InChI=1S/C12H16FNO/c1-15-11-5-6-14-12(8-11)9-3-2-4-10(13)7-9/h2-4,7,11-12,14H,5-6,8H2,1H3. The van der Waals surface area contributed by atoms with E-state index in [0.717, 1.165) is 24.9 Å². The first kappa shape index (κ1) is 10.6. The summed E-state index contributed by atoms with van der Waals surface area (Å²) in [6.07, 6.45) is 2.24. The van der Waals surface area contributed by atoms with E-state index in [0.29, 0.717) is 6.10 Å². The lowest BCUT2D eigenvalue weighted by molar-refractivity contribution is 0.0619. The number of benzene rings is 1. The summed E-state index contributed by atoms with van der Waals surface area (Å²) >= 11 is 0. The van der Waals surface area contributed by atoms with Gasteiger partial charge in [-0.2, -0.15) is 0 Å². The highest BCUT2D eigenvalue weighted by atomic mass is 19.1. The van der Waals surface area contributed by atoms with Gasteiger partial charge in [0.2, 0.25) is 0 Å². The van der Waals surface area contributed by atoms with Crippen molar-refractivity contribution in [2.45, 2.75) is 25.0 Å². The van der Waals surface area contributed by atoms with Gasteiger partial charge in [-0.05, 0) is 37.1 Å². The lowest BCUT2D eigenvalue weighted by atomic mass is 9.95. The molecule has 0 bridgehead atoms. The second-order valence-electron chi connectivity index (χ2n) is 3.94. The number of hydrogen-bond donors (Lipinski definition) is 1. The third-order valence-electron chi connectivity index (χ3n) is 2.94. The van der Waals surface area contributed by atoms with E-state index in [4.69, 9.17) is 4.74 Å². The average molecular weight is 209 g/mol. The maximum absolute atomic E-state index is 13.0. The molecule has 0 amide bonds. The van der Waals surface area contributed by atoms with Gasteiger partial charge in [0, 0.05) is 13.2 Å². The number of piperidine rings is 1. The van der Waals surface area contributed by atoms with Crippen LogP contribution in [0.4, 0.5) is 4.39 Å². The van der Waals surface area contributed by atoms with E-state index < -0.39 is 0 Å². The second-order valence-corrected chi connectivity index (χ2v) is 3.94. The number of halogens is 1. The Morgan fingerprint density at radius 1 is 1.47 bits per heavy atom. The molecule has 0 aliphatic carbocycles. The van der Waals surface area contributed by atoms with Crippen molar-refractivity contribution in [1.29, 1.82) is 0 Å². The van der Waals surface area contributed by atoms with Crippen molar-refractivity contribution in [1.82, 2.24) is 5.32 Å². The van der Waals surface area contributed by atoms with Crippen LogP contribution in [-0.2, 0) is 4.74 Å². The van der Waals surface area contributed by atoms with Crippen LogP contribution in [0.3, 0.4) is 0 Å². The molecular formula is C12H16FNO. The highest BCUT2D eigenvalue weighted by Gasteiger charge is 2.22. The topological polar surface area (TPSA) is 21.3 Å². The first-order chi connectivity index (χ1) is 7.29. The molecule has 1 fully saturated rings. The minimum absolute atomic E-state index is 0.172. The molecule has 1 N–H and O–H groups in total. The third-order valence-corrected chi connectivity index (χ3v) is 2.94. The van der Waals surface area contributed by atoms with Gasteiger partial charge in [-0.3, -0.25) is 0 Å². The Hall–Kier alpha value is -0.930. The fourth-order valence-corrected chi connectivity index (χ4v) is 2.07. The van der Waals surface area contributed by atoms with Gasteiger partial charge in [-0.1, -0.05) is 12.1 Å².